The van der Waals surface area contributed by atoms with Crippen molar-refractivity contribution in [3.63, 3.8) is 0 Å². The number of fused-ring (bicyclic) bond motifs is 4. The molecular weight excluding hydrogens is 597 g/mol. The van der Waals surface area contributed by atoms with Gasteiger partial charge >= 0.3 is 0 Å². The molecule has 0 spiro atoms. The van der Waals surface area contributed by atoms with Gasteiger partial charge in [0.25, 0.3) is 0 Å². The van der Waals surface area contributed by atoms with E-state index in [2.05, 4.69) is 143 Å². The summed E-state index contributed by atoms with van der Waals surface area (Å²) >= 11 is 0. The summed E-state index contributed by atoms with van der Waals surface area (Å²) in [6, 6.07) is 42.1. The smallest absolute Gasteiger partial charge is 0.101 e. The molecule has 2 heterocycles. The predicted molar refractivity (Wildman–Crippen MR) is 200 cm³/mol. The lowest BCUT2D eigenvalue weighted by Crippen LogP contribution is -2.06. The second-order valence-corrected chi connectivity index (χ2v) is 12.3. The molecule has 8 rings (SSSR count). The lowest BCUT2D eigenvalue weighted by molar-refractivity contribution is 0.889. The number of aryl methyl sites for hydroxylation is 1. The molecular formula is C45H30N4. The number of nitriles is 2. The third-order valence-corrected chi connectivity index (χ3v) is 9.63. The molecule has 49 heavy (non-hydrogen) atoms. The van der Waals surface area contributed by atoms with Crippen LogP contribution in [0, 0.1) is 41.9 Å². The molecule has 0 unspecified atom stereocenters. The van der Waals surface area contributed by atoms with Crippen LogP contribution in [0.15, 0.2) is 121 Å². The Morgan fingerprint density at radius 3 is 2.22 bits per heavy atom. The third-order valence-electron chi connectivity index (χ3n) is 9.63. The fourth-order valence-corrected chi connectivity index (χ4v) is 7.41. The lowest BCUT2D eigenvalue weighted by atomic mass is 9.92. The van der Waals surface area contributed by atoms with Crippen LogP contribution in [0.3, 0.4) is 0 Å². The summed E-state index contributed by atoms with van der Waals surface area (Å²) in [7, 11) is 0. The summed E-state index contributed by atoms with van der Waals surface area (Å²) in [6.07, 6.45) is 15.6. The van der Waals surface area contributed by atoms with Gasteiger partial charge < -0.3 is 9.13 Å². The van der Waals surface area contributed by atoms with E-state index >= 15 is 0 Å². The van der Waals surface area contributed by atoms with Gasteiger partial charge in [0, 0.05) is 33.3 Å². The van der Waals surface area contributed by atoms with Crippen LogP contribution in [0.25, 0.3) is 67.6 Å². The lowest BCUT2D eigenvalue weighted by Gasteiger charge is -2.19. The third kappa shape index (κ3) is 4.77. The van der Waals surface area contributed by atoms with Crippen LogP contribution in [0.5, 0.6) is 0 Å². The molecule has 1 aliphatic rings. The maximum Gasteiger partial charge on any atom is 0.101 e. The van der Waals surface area contributed by atoms with Crippen molar-refractivity contribution in [3.05, 3.63) is 155 Å². The summed E-state index contributed by atoms with van der Waals surface area (Å²) < 4.78 is 4.55. The van der Waals surface area contributed by atoms with Gasteiger partial charge in [0.15, 0.2) is 0 Å². The Morgan fingerprint density at radius 1 is 0.735 bits per heavy atom. The van der Waals surface area contributed by atoms with Gasteiger partial charge in [-0.15, -0.1) is 6.42 Å². The quantitative estimate of drug-likeness (QED) is 0.179. The highest BCUT2D eigenvalue weighted by Crippen LogP contribution is 2.40. The minimum absolute atomic E-state index is 0.368. The number of hydrogen-bond acceptors (Lipinski definition) is 2. The second kappa shape index (κ2) is 12.1. The van der Waals surface area contributed by atoms with Crippen molar-refractivity contribution in [1.82, 2.24) is 9.13 Å². The zero-order valence-electron chi connectivity index (χ0n) is 27.0. The number of terminal acetylenes is 1. The van der Waals surface area contributed by atoms with Crippen LogP contribution < -0.4 is 0 Å². The normalized spacial score (nSPS) is 12.2. The highest BCUT2D eigenvalue weighted by molar-refractivity contribution is 5.95. The number of nitrogens with zero attached hydrogens (tertiary/aromatic N) is 4. The van der Waals surface area contributed by atoms with Crippen molar-refractivity contribution in [2.45, 2.75) is 19.8 Å². The van der Waals surface area contributed by atoms with E-state index in [-0.39, 0.29) is 0 Å². The van der Waals surface area contributed by atoms with E-state index < -0.39 is 0 Å². The van der Waals surface area contributed by atoms with E-state index in [1.54, 1.807) is 12.1 Å². The maximum absolute atomic E-state index is 10.5. The van der Waals surface area contributed by atoms with Crippen molar-refractivity contribution in [2.24, 2.45) is 0 Å². The van der Waals surface area contributed by atoms with E-state index in [0.717, 1.165) is 63.2 Å². The molecule has 0 bridgehead atoms. The number of rotatable bonds is 5. The first-order chi connectivity index (χ1) is 24.1. The SMILES string of the molecule is C#C/C=C\c1c(C)c2ccccc2n1-c1cccc(-c2ccc(-c3c(-n4c5c(c6ccccc64)C=CCC5)ccc(C#N)c3C#N)cc2)c1. The Labute approximate surface area is 285 Å². The summed E-state index contributed by atoms with van der Waals surface area (Å²) in [6.45, 7) is 2.13. The fraction of sp³-hybridized carbons (Fsp3) is 0.0667. The van der Waals surface area contributed by atoms with Gasteiger partial charge in [0.1, 0.15) is 12.1 Å². The first kappa shape index (κ1) is 29.6. The Bertz CT molecular complexity index is 2640. The fourth-order valence-electron chi connectivity index (χ4n) is 7.41. The summed E-state index contributed by atoms with van der Waals surface area (Å²) in [5.74, 6) is 2.64. The van der Waals surface area contributed by atoms with Gasteiger partial charge in [0.2, 0.25) is 0 Å². The topological polar surface area (TPSA) is 57.4 Å². The monoisotopic (exact) mass is 626 g/mol. The minimum atomic E-state index is 0.368. The molecule has 0 N–H and O–H groups in total. The molecule has 0 radical (unpaired) electrons. The molecule has 1 aliphatic carbocycles. The molecule has 230 valence electrons. The molecule has 0 atom stereocenters. The molecule has 4 nitrogen and oxygen atoms in total. The predicted octanol–water partition coefficient (Wildman–Crippen LogP) is 10.6. The first-order valence-electron chi connectivity index (χ1n) is 16.3. The van der Waals surface area contributed by atoms with E-state index in [4.69, 9.17) is 6.42 Å². The van der Waals surface area contributed by atoms with E-state index in [9.17, 15) is 10.5 Å². The number of allylic oxidation sites excluding steroid dienone is 2. The Kier molecular flexibility index (Phi) is 7.30. The Hall–Kier alpha value is -6.80. The molecule has 4 heteroatoms. The molecule has 5 aromatic carbocycles. The highest BCUT2D eigenvalue weighted by atomic mass is 15.0. The van der Waals surface area contributed by atoms with Gasteiger partial charge in [-0.3, -0.25) is 0 Å². The van der Waals surface area contributed by atoms with Crippen LogP contribution in [-0.4, -0.2) is 9.13 Å². The molecule has 0 fully saturated rings. The maximum atomic E-state index is 10.5. The van der Waals surface area contributed by atoms with E-state index in [1.165, 1.54) is 27.6 Å². The molecule has 0 saturated heterocycles. The van der Waals surface area contributed by atoms with Crippen LogP contribution in [0.1, 0.15) is 40.1 Å². The highest BCUT2D eigenvalue weighted by Gasteiger charge is 2.23. The number of para-hydroxylation sites is 2. The largest absolute Gasteiger partial charge is 0.312 e. The molecule has 0 saturated carbocycles. The van der Waals surface area contributed by atoms with E-state index in [0.29, 0.717) is 11.1 Å². The van der Waals surface area contributed by atoms with Gasteiger partial charge in [-0.1, -0.05) is 90.9 Å². The standard InChI is InChI=1S/C45H30N4/c1-3-4-17-40-30(2)36-14-5-8-18-41(36)48(40)35-13-11-12-33(27-35)31-21-23-32(24-22-31)45-39(29-47)34(28-46)25-26-44(45)49-42-19-9-6-15-37(42)38-16-7-10-20-43(38)49/h1,4-9,11-19,21-27H,10,20H2,2H3/b17-4-. The Balaban J connectivity index is 1.27. The zero-order chi connectivity index (χ0) is 33.5. The molecule has 2 aromatic heterocycles. The number of hydrogen-bond donors (Lipinski definition) is 0. The first-order valence-corrected chi connectivity index (χ1v) is 16.3. The van der Waals surface area contributed by atoms with Crippen LogP contribution in [0.2, 0.25) is 0 Å². The zero-order valence-corrected chi connectivity index (χ0v) is 27.0. The van der Waals surface area contributed by atoms with Crippen molar-refractivity contribution in [3.8, 4) is 58.1 Å². The summed E-state index contributed by atoms with van der Waals surface area (Å²) in [4.78, 5) is 0. The van der Waals surface area contributed by atoms with Crippen molar-refractivity contribution in [2.75, 3.05) is 0 Å². The van der Waals surface area contributed by atoms with Crippen molar-refractivity contribution in [1.29, 1.82) is 10.5 Å². The minimum Gasteiger partial charge on any atom is -0.312 e. The molecule has 7 aromatic rings. The van der Waals surface area contributed by atoms with Crippen LogP contribution in [0.4, 0.5) is 0 Å². The average molecular weight is 627 g/mol. The van der Waals surface area contributed by atoms with Crippen LogP contribution >= 0.6 is 0 Å². The average Bonchev–Trinajstić information content (AvgIpc) is 3.64. The Morgan fingerprint density at radius 2 is 1.47 bits per heavy atom. The number of aromatic nitrogens is 2. The number of benzene rings is 5. The summed E-state index contributed by atoms with van der Waals surface area (Å²) in [5, 5.41) is 22.8. The van der Waals surface area contributed by atoms with Gasteiger partial charge in [-0.25, -0.2) is 0 Å². The van der Waals surface area contributed by atoms with E-state index in [1.807, 2.05) is 12.1 Å². The van der Waals surface area contributed by atoms with Gasteiger partial charge in [-0.2, -0.15) is 10.5 Å². The van der Waals surface area contributed by atoms with Gasteiger partial charge in [-0.05, 0) is 90.6 Å². The van der Waals surface area contributed by atoms with Crippen molar-refractivity contribution < 1.29 is 0 Å². The second-order valence-electron chi connectivity index (χ2n) is 12.3. The van der Waals surface area contributed by atoms with Gasteiger partial charge in [0.05, 0.1) is 33.5 Å². The van der Waals surface area contributed by atoms with Crippen LogP contribution in [-0.2, 0) is 6.42 Å². The van der Waals surface area contributed by atoms with Crippen molar-refractivity contribution >= 4 is 34.0 Å². The summed E-state index contributed by atoms with van der Waals surface area (Å²) in [5.41, 5.74) is 13.3. The molecule has 0 amide bonds. The molecule has 0 aliphatic heterocycles.